The molecule has 0 spiro atoms. The third-order valence-electron chi connectivity index (χ3n) is 7.10. The number of imide groups is 1. The van der Waals surface area contributed by atoms with Gasteiger partial charge in [-0.15, -0.1) is 0 Å². The molecular weight excluding hydrogens is 528 g/mol. The Morgan fingerprint density at radius 2 is 1.50 bits per heavy atom. The van der Waals surface area contributed by atoms with Crippen LogP contribution in [0.15, 0.2) is 48.5 Å². The number of halogens is 1. The monoisotopic (exact) mass is 570 g/mol. The first kappa shape index (κ1) is 31.6. The number of hydrogen-bond donors (Lipinski definition) is 0. The summed E-state index contributed by atoms with van der Waals surface area (Å²) in [6, 6.07) is 13.8. The van der Waals surface area contributed by atoms with Gasteiger partial charge in [0, 0.05) is 11.6 Å². The molecule has 8 heteroatoms. The fourth-order valence-electron chi connectivity index (χ4n) is 4.84. The molecule has 1 aliphatic rings. The number of urea groups is 1. The van der Waals surface area contributed by atoms with Gasteiger partial charge in [0.15, 0.2) is 0 Å². The minimum absolute atomic E-state index is 0.0646. The largest absolute Gasteiger partial charge is 0.462 e. The number of esters is 1. The zero-order chi connectivity index (χ0) is 28.7. The van der Waals surface area contributed by atoms with E-state index in [1.807, 2.05) is 30.3 Å². The zero-order valence-electron chi connectivity index (χ0n) is 23.9. The predicted molar refractivity (Wildman–Crippen MR) is 157 cm³/mol. The average Bonchev–Trinajstić information content (AvgIpc) is 3.17. The third kappa shape index (κ3) is 9.34. The van der Waals surface area contributed by atoms with Gasteiger partial charge in [0.1, 0.15) is 0 Å². The lowest BCUT2D eigenvalue weighted by atomic mass is 10.1. The second-order valence-electron chi connectivity index (χ2n) is 10.3. The maximum atomic E-state index is 13.3. The highest BCUT2D eigenvalue weighted by Crippen LogP contribution is 2.27. The van der Waals surface area contributed by atoms with E-state index in [0.29, 0.717) is 22.8 Å². The molecule has 40 heavy (non-hydrogen) atoms. The maximum absolute atomic E-state index is 13.3. The Balaban J connectivity index is 1.51. The van der Waals surface area contributed by atoms with Crippen LogP contribution in [0.1, 0.15) is 99.5 Å². The summed E-state index contributed by atoms with van der Waals surface area (Å²) < 4.78 is 11.1. The topological polar surface area (TPSA) is 76.2 Å². The third-order valence-corrected chi connectivity index (χ3v) is 7.47. The van der Waals surface area contributed by atoms with Gasteiger partial charge in [-0.05, 0) is 42.7 Å². The van der Waals surface area contributed by atoms with Gasteiger partial charge >= 0.3 is 12.0 Å². The highest BCUT2D eigenvalue weighted by atomic mass is 35.5. The van der Waals surface area contributed by atoms with Crippen LogP contribution in [-0.2, 0) is 27.4 Å². The molecule has 1 atom stereocenters. The van der Waals surface area contributed by atoms with E-state index >= 15 is 0 Å². The van der Waals surface area contributed by atoms with Crippen LogP contribution in [0.25, 0.3) is 0 Å². The fraction of sp³-hybridized carbons (Fsp3) is 0.531. The normalized spacial score (nSPS) is 15.2. The van der Waals surface area contributed by atoms with E-state index in [1.165, 1.54) is 49.8 Å². The van der Waals surface area contributed by atoms with Crippen molar-refractivity contribution < 1.29 is 23.9 Å². The summed E-state index contributed by atoms with van der Waals surface area (Å²) >= 11 is 6.41. The van der Waals surface area contributed by atoms with Crippen molar-refractivity contribution in [2.45, 2.75) is 97.4 Å². The van der Waals surface area contributed by atoms with Gasteiger partial charge < -0.3 is 9.47 Å². The van der Waals surface area contributed by atoms with Crippen molar-refractivity contribution in [2.24, 2.45) is 0 Å². The number of carbonyl (C=O) groups is 3. The molecule has 0 aromatic heterocycles. The van der Waals surface area contributed by atoms with Gasteiger partial charge in [-0.25, -0.2) is 9.59 Å². The maximum Gasteiger partial charge on any atom is 0.338 e. The molecule has 1 fully saturated rings. The Morgan fingerprint density at radius 1 is 0.850 bits per heavy atom. The van der Waals surface area contributed by atoms with Crippen molar-refractivity contribution >= 4 is 29.5 Å². The summed E-state index contributed by atoms with van der Waals surface area (Å²) in [5, 5.41) is 0.362. The van der Waals surface area contributed by atoms with E-state index in [1.54, 1.807) is 25.1 Å². The van der Waals surface area contributed by atoms with Crippen molar-refractivity contribution in [3.63, 3.8) is 0 Å². The minimum Gasteiger partial charge on any atom is -0.462 e. The Hall–Kier alpha value is -2.90. The molecule has 0 radical (unpaired) electrons. The number of rotatable bonds is 18. The Labute approximate surface area is 243 Å². The highest BCUT2D eigenvalue weighted by Gasteiger charge is 2.45. The van der Waals surface area contributed by atoms with E-state index < -0.39 is 24.1 Å². The van der Waals surface area contributed by atoms with E-state index in [4.69, 9.17) is 21.1 Å². The van der Waals surface area contributed by atoms with Crippen molar-refractivity contribution in [3.05, 3.63) is 70.2 Å². The van der Waals surface area contributed by atoms with Crippen LogP contribution < -0.4 is 0 Å². The molecule has 0 saturated carbocycles. The quantitative estimate of drug-likeness (QED) is 0.104. The van der Waals surface area contributed by atoms with Crippen molar-refractivity contribution in [3.8, 4) is 0 Å². The summed E-state index contributed by atoms with van der Waals surface area (Å²) in [4.78, 5) is 41.7. The molecule has 218 valence electrons. The van der Waals surface area contributed by atoms with E-state index in [-0.39, 0.29) is 19.7 Å². The summed E-state index contributed by atoms with van der Waals surface area (Å²) in [7, 11) is 0. The number of nitrogens with zero attached hydrogens (tertiary/aromatic N) is 2. The van der Waals surface area contributed by atoms with E-state index in [9.17, 15) is 14.4 Å². The fourth-order valence-corrected chi connectivity index (χ4v) is 5.02. The molecular formula is C32H43ClN2O5. The van der Waals surface area contributed by atoms with Crippen molar-refractivity contribution in [1.82, 2.24) is 9.80 Å². The molecule has 3 amide bonds. The summed E-state index contributed by atoms with van der Waals surface area (Å²) in [5.41, 5.74) is 1.72. The Bertz CT molecular complexity index is 1090. The first-order valence-corrected chi connectivity index (χ1v) is 15.1. The first-order chi connectivity index (χ1) is 19.5. The molecule has 0 N–H and O–H groups in total. The summed E-state index contributed by atoms with van der Waals surface area (Å²) in [6.07, 6.45) is 11.1. The van der Waals surface area contributed by atoms with E-state index in [0.717, 1.165) is 29.7 Å². The lowest BCUT2D eigenvalue weighted by Crippen LogP contribution is -2.36. The molecule has 2 aromatic carbocycles. The number of unbranched alkanes of at least 4 members (excludes halogenated alkanes) is 9. The molecule has 1 saturated heterocycles. The molecule has 1 aliphatic heterocycles. The van der Waals surface area contributed by atoms with Gasteiger partial charge in [0.25, 0.3) is 5.91 Å². The van der Waals surface area contributed by atoms with Crippen LogP contribution in [0.5, 0.6) is 0 Å². The van der Waals surface area contributed by atoms with Crippen LogP contribution >= 0.6 is 11.6 Å². The van der Waals surface area contributed by atoms with Crippen LogP contribution in [0.3, 0.4) is 0 Å². The van der Waals surface area contributed by atoms with Crippen molar-refractivity contribution in [2.75, 3.05) is 13.2 Å². The van der Waals surface area contributed by atoms with E-state index in [2.05, 4.69) is 6.92 Å². The van der Waals surface area contributed by atoms with Gasteiger partial charge in [-0.3, -0.25) is 14.6 Å². The number of amides is 3. The second-order valence-corrected chi connectivity index (χ2v) is 10.7. The van der Waals surface area contributed by atoms with Gasteiger partial charge in [-0.1, -0.05) is 107 Å². The number of benzene rings is 2. The number of carbonyl (C=O) groups excluding carboxylic acids is 3. The Morgan fingerprint density at radius 3 is 2.15 bits per heavy atom. The highest BCUT2D eigenvalue weighted by molar-refractivity contribution is 6.31. The van der Waals surface area contributed by atoms with Crippen LogP contribution in [0.2, 0.25) is 5.02 Å². The second kappa shape index (κ2) is 17.0. The lowest BCUT2D eigenvalue weighted by Gasteiger charge is -2.21. The first-order valence-electron chi connectivity index (χ1n) is 14.7. The SMILES string of the molecule is CCCCCCCCCCCCOC(=O)c1ccc(Cl)c(CN2C(=O)C(OCC)N(Cc3ccccc3)C2=O)c1. The lowest BCUT2D eigenvalue weighted by molar-refractivity contribution is -0.142. The predicted octanol–water partition coefficient (Wildman–Crippen LogP) is 7.74. The molecule has 0 aliphatic carbocycles. The van der Waals surface area contributed by atoms with Crippen molar-refractivity contribution in [1.29, 1.82) is 0 Å². The standard InChI is InChI=1S/C32H43ClN2O5/c1-3-5-6-7-8-9-10-11-12-16-21-40-31(37)26-19-20-28(33)27(22-26)24-34-29(36)30(39-4-2)35(32(34)38)23-25-17-14-13-15-18-25/h13-15,17-20,22,30H,3-12,16,21,23-24H2,1-2H3. The number of ether oxygens (including phenoxy) is 2. The van der Waals surface area contributed by atoms with Gasteiger partial charge in [0.05, 0.1) is 25.3 Å². The Kier molecular flexibility index (Phi) is 13.5. The smallest absolute Gasteiger partial charge is 0.338 e. The number of hydrogen-bond acceptors (Lipinski definition) is 5. The van der Waals surface area contributed by atoms with Crippen LogP contribution in [-0.4, -0.2) is 47.1 Å². The average molecular weight is 571 g/mol. The minimum atomic E-state index is -1.01. The van der Waals surface area contributed by atoms with Gasteiger partial charge in [0.2, 0.25) is 6.23 Å². The molecule has 1 unspecified atom stereocenters. The van der Waals surface area contributed by atoms with Gasteiger partial charge in [-0.2, -0.15) is 0 Å². The molecule has 1 heterocycles. The molecule has 0 bridgehead atoms. The zero-order valence-corrected chi connectivity index (χ0v) is 24.7. The van der Waals surface area contributed by atoms with Crippen LogP contribution in [0.4, 0.5) is 4.79 Å². The molecule has 7 nitrogen and oxygen atoms in total. The summed E-state index contributed by atoms with van der Waals surface area (Å²) in [6.45, 7) is 4.83. The molecule has 2 aromatic rings. The summed E-state index contributed by atoms with van der Waals surface area (Å²) in [5.74, 6) is -0.890. The molecule has 3 rings (SSSR count). The van der Waals surface area contributed by atoms with Crippen LogP contribution in [0, 0.1) is 0 Å².